The molecule has 12 heavy (non-hydrogen) atoms. The van der Waals surface area contributed by atoms with Crippen LogP contribution in [-0.4, -0.2) is 0 Å². The molecular formula is C12H16. The van der Waals surface area contributed by atoms with Gasteiger partial charge in [-0.15, -0.1) is 6.58 Å². The minimum Gasteiger partial charge on any atom is -0.102 e. The highest BCUT2D eigenvalue weighted by Gasteiger charge is 2.16. The van der Waals surface area contributed by atoms with Gasteiger partial charge in [-0.3, -0.25) is 0 Å². The van der Waals surface area contributed by atoms with Crippen LogP contribution in [0.1, 0.15) is 19.3 Å². The van der Waals surface area contributed by atoms with Gasteiger partial charge in [-0.25, -0.2) is 0 Å². The molecule has 0 aromatic rings. The van der Waals surface area contributed by atoms with Crippen LogP contribution in [-0.2, 0) is 0 Å². The average Bonchev–Trinajstić information content (AvgIpc) is 2.16. The van der Waals surface area contributed by atoms with Crippen molar-refractivity contribution >= 4 is 0 Å². The molecular weight excluding hydrogens is 144 g/mol. The summed E-state index contributed by atoms with van der Waals surface area (Å²) in [6.45, 7) is 11.5. The summed E-state index contributed by atoms with van der Waals surface area (Å²) in [4.78, 5) is 0. The van der Waals surface area contributed by atoms with Crippen LogP contribution in [0.5, 0.6) is 0 Å². The third-order valence-electron chi connectivity index (χ3n) is 2.48. The molecule has 1 aliphatic rings. The zero-order chi connectivity index (χ0) is 8.97. The zero-order valence-corrected chi connectivity index (χ0v) is 7.55. The van der Waals surface area contributed by atoms with Crippen LogP contribution >= 0.6 is 0 Å². The van der Waals surface area contributed by atoms with Crippen LogP contribution in [0.3, 0.4) is 0 Å². The van der Waals surface area contributed by atoms with Crippen LogP contribution in [0.15, 0.2) is 49.1 Å². The Bertz CT molecular complexity index is 230. The van der Waals surface area contributed by atoms with Crippen molar-refractivity contribution in [3.8, 4) is 0 Å². The highest BCUT2D eigenvalue weighted by Crippen LogP contribution is 2.31. The van der Waals surface area contributed by atoms with Crippen molar-refractivity contribution in [2.75, 3.05) is 0 Å². The quantitative estimate of drug-likeness (QED) is 0.553. The maximum Gasteiger partial charge on any atom is 0.00179 e. The molecule has 0 N–H and O–H groups in total. The Labute approximate surface area is 75.0 Å². The van der Waals surface area contributed by atoms with E-state index in [1.807, 2.05) is 18.2 Å². The molecule has 0 heterocycles. The highest BCUT2D eigenvalue weighted by atomic mass is 14.2. The lowest BCUT2D eigenvalue weighted by Gasteiger charge is -2.22. The van der Waals surface area contributed by atoms with E-state index >= 15 is 0 Å². The zero-order valence-electron chi connectivity index (χ0n) is 7.55. The summed E-state index contributed by atoms with van der Waals surface area (Å²) in [5, 5.41) is 0. The van der Waals surface area contributed by atoms with Crippen molar-refractivity contribution in [1.82, 2.24) is 0 Å². The van der Waals surface area contributed by atoms with Gasteiger partial charge in [0, 0.05) is 5.92 Å². The number of rotatable bonds is 3. The molecule has 0 aliphatic heterocycles. The van der Waals surface area contributed by atoms with Crippen LogP contribution in [0, 0.1) is 5.92 Å². The fourth-order valence-corrected chi connectivity index (χ4v) is 1.80. The Hall–Kier alpha value is -1.04. The topological polar surface area (TPSA) is 0 Å². The smallest absolute Gasteiger partial charge is 0.00179 e. The second kappa shape index (κ2) is 4.10. The van der Waals surface area contributed by atoms with Gasteiger partial charge in [-0.05, 0) is 30.4 Å². The third-order valence-corrected chi connectivity index (χ3v) is 2.48. The van der Waals surface area contributed by atoms with Gasteiger partial charge >= 0.3 is 0 Å². The second-order valence-corrected chi connectivity index (χ2v) is 3.12. The lowest BCUT2D eigenvalue weighted by molar-refractivity contribution is 0.597. The van der Waals surface area contributed by atoms with Crippen molar-refractivity contribution in [1.29, 1.82) is 0 Å². The first kappa shape index (κ1) is 9.05. The molecule has 0 saturated carbocycles. The number of allylic oxidation sites excluding steroid dienone is 5. The highest BCUT2D eigenvalue weighted by molar-refractivity contribution is 5.36. The van der Waals surface area contributed by atoms with E-state index in [0.29, 0.717) is 5.92 Å². The molecule has 0 bridgehead atoms. The van der Waals surface area contributed by atoms with Gasteiger partial charge in [-0.1, -0.05) is 31.4 Å². The van der Waals surface area contributed by atoms with Gasteiger partial charge in [0.15, 0.2) is 0 Å². The maximum atomic E-state index is 3.84. The van der Waals surface area contributed by atoms with Crippen LogP contribution in [0.2, 0.25) is 0 Å². The van der Waals surface area contributed by atoms with Crippen molar-refractivity contribution in [3.05, 3.63) is 49.1 Å². The van der Waals surface area contributed by atoms with Gasteiger partial charge < -0.3 is 0 Å². The summed E-state index contributed by atoms with van der Waals surface area (Å²) in [5.41, 5.74) is 2.67. The van der Waals surface area contributed by atoms with E-state index in [4.69, 9.17) is 0 Å². The molecule has 1 unspecified atom stereocenters. The Balaban J connectivity index is 3.00. The molecule has 0 nitrogen and oxygen atoms in total. The first-order valence-electron chi connectivity index (χ1n) is 4.44. The normalized spacial score (nSPS) is 23.5. The van der Waals surface area contributed by atoms with E-state index in [-0.39, 0.29) is 0 Å². The summed E-state index contributed by atoms with van der Waals surface area (Å²) >= 11 is 0. The Morgan fingerprint density at radius 2 is 1.92 bits per heavy atom. The van der Waals surface area contributed by atoms with E-state index in [2.05, 4.69) is 19.7 Å². The minimum absolute atomic E-state index is 0.504. The molecule has 0 amide bonds. The largest absolute Gasteiger partial charge is 0.102 e. The molecule has 1 rings (SSSR count). The van der Waals surface area contributed by atoms with Crippen molar-refractivity contribution in [2.24, 2.45) is 5.92 Å². The monoisotopic (exact) mass is 160 g/mol. The fraction of sp³-hybridized carbons (Fsp3) is 0.333. The van der Waals surface area contributed by atoms with Gasteiger partial charge in [0.1, 0.15) is 0 Å². The fourth-order valence-electron chi connectivity index (χ4n) is 1.80. The average molecular weight is 160 g/mol. The summed E-state index contributed by atoms with van der Waals surface area (Å²) in [7, 11) is 0. The van der Waals surface area contributed by atoms with Gasteiger partial charge in [0.25, 0.3) is 0 Å². The molecule has 1 atom stereocenters. The molecule has 0 aromatic carbocycles. The van der Waals surface area contributed by atoms with E-state index < -0.39 is 0 Å². The minimum atomic E-state index is 0.504. The Morgan fingerprint density at radius 1 is 1.17 bits per heavy atom. The summed E-state index contributed by atoms with van der Waals surface area (Å²) in [6, 6.07) is 0. The summed E-state index contributed by atoms with van der Waals surface area (Å²) in [6.07, 6.45) is 9.52. The van der Waals surface area contributed by atoms with E-state index in [9.17, 15) is 0 Å². The molecule has 0 fully saturated rings. The third kappa shape index (κ3) is 1.58. The van der Waals surface area contributed by atoms with Crippen molar-refractivity contribution in [3.63, 3.8) is 0 Å². The molecule has 0 saturated heterocycles. The predicted molar refractivity (Wildman–Crippen MR) is 55.0 cm³/mol. The first-order valence-corrected chi connectivity index (χ1v) is 4.44. The SMILES string of the molecule is C=CC1=C(C=C)C(C=C)CCC1. The van der Waals surface area contributed by atoms with E-state index in [1.165, 1.54) is 24.0 Å². The van der Waals surface area contributed by atoms with Crippen molar-refractivity contribution in [2.45, 2.75) is 19.3 Å². The Morgan fingerprint density at radius 3 is 2.42 bits per heavy atom. The molecule has 0 radical (unpaired) electrons. The summed E-state index contributed by atoms with van der Waals surface area (Å²) in [5.74, 6) is 0.504. The molecule has 0 heteroatoms. The van der Waals surface area contributed by atoms with E-state index in [1.54, 1.807) is 0 Å². The number of hydrogen-bond donors (Lipinski definition) is 0. The van der Waals surface area contributed by atoms with Gasteiger partial charge in [0.05, 0.1) is 0 Å². The molecule has 0 spiro atoms. The van der Waals surface area contributed by atoms with Gasteiger partial charge in [-0.2, -0.15) is 0 Å². The Kier molecular flexibility index (Phi) is 3.09. The molecule has 64 valence electrons. The predicted octanol–water partition coefficient (Wildman–Crippen LogP) is 3.64. The van der Waals surface area contributed by atoms with Crippen LogP contribution in [0.4, 0.5) is 0 Å². The standard InChI is InChI=1S/C12H16/c1-4-10-8-7-9-11(5-2)12(10)6-3/h4-6,10H,1-3,7-9H2. The lowest BCUT2D eigenvalue weighted by Crippen LogP contribution is -2.07. The van der Waals surface area contributed by atoms with Gasteiger partial charge in [0.2, 0.25) is 0 Å². The van der Waals surface area contributed by atoms with Crippen LogP contribution in [0.25, 0.3) is 0 Å². The molecule has 1 aliphatic carbocycles. The second-order valence-electron chi connectivity index (χ2n) is 3.12. The first-order chi connectivity index (χ1) is 5.83. The van der Waals surface area contributed by atoms with E-state index in [0.717, 1.165) is 6.42 Å². The van der Waals surface area contributed by atoms with Crippen molar-refractivity contribution < 1.29 is 0 Å². The molecule has 0 aromatic heterocycles. The number of hydrogen-bond acceptors (Lipinski definition) is 0. The summed E-state index contributed by atoms with van der Waals surface area (Å²) < 4.78 is 0. The lowest BCUT2D eigenvalue weighted by atomic mass is 9.83. The maximum absolute atomic E-state index is 3.84. The van der Waals surface area contributed by atoms with Crippen LogP contribution < -0.4 is 0 Å².